The first-order chi connectivity index (χ1) is 13.4. The molecular formula is C22H26N6. The molecule has 6 heteroatoms. The van der Waals surface area contributed by atoms with E-state index in [1.807, 2.05) is 61.2 Å². The lowest BCUT2D eigenvalue weighted by atomic mass is 9.93. The fourth-order valence-corrected chi connectivity index (χ4v) is 3.59. The molecule has 0 radical (unpaired) electrons. The number of nitrogens with zero attached hydrogens (tertiary/aromatic N) is 4. The lowest BCUT2D eigenvalue weighted by molar-refractivity contribution is 0.533. The van der Waals surface area contributed by atoms with Crippen LogP contribution < -0.4 is 16.4 Å². The van der Waals surface area contributed by atoms with Crippen LogP contribution >= 0.6 is 0 Å². The normalized spacial score (nSPS) is 16.7. The van der Waals surface area contributed by atoms with Gasteiger partial charge in [-0.2, -0.15) is 10.3 Å². The molecule has 0 saturated carbocycles. The van der Waals surface area contributed by atoms with Crippen molar-refractivity contribution < 1.29 is 0 Å². The maximum absolute atomic E-state index is 9.72. The number of nitriles is 1. The van der Waals surface area contributed by atoms with Crippen LogP contribution in [-0.4, -0.2) is 17.6 Å². The van der Waals surface area contributed by atoms with Gasteiger partial charge in [-0.1, -0.05) is 42.5 Å². The van der Waals surface area contributed by atoms with E-state index in [4.69, 9.17) is 11.5 Å². The van der Waals surface area contributed by atoms with Crippen molar-refractivity contribution in [1.82, 2.24) is 0 Å². The largest absolute Gasteiger partial charge is 0.369 e. The van der Waals surface area contributed by atoms with Crippen molar-refractivity contribution in [2.75, 3.05) is 4.90 Å². The van der Waals surface area contributed by atoms with E-state index in [-0.39, 0.29) is 11.9 Å². The zero-order valence-electron chi connectivity index (χ0n) is 16.3. The predicted molar refractivity (Wildman–Crippen MR) is 114 cm³/mol. The van der Waals surface area contributed by atoms with E-state index in [1.54, 1.807) is 0 Å². The molecule has 0 bridgehead atoms. The van der Waals surface area contributed by atoms with Gasteiger partial charge in [-0.15, -0.1) is 0 Å². The van der Waals surface area contributed by atoms with E-state index in [9.17, 15) is 5.26 Å². The molecule has 6 nitrogen and oxygen atoms in total. The minimum absolute atomic E-state index is 0.172. The molecule has 0 spiro atoms. The van der Waals surface area contributed by atoms with Crippen LogP contribution in [0.3, 0.4) is 0 Å². The molecule has 4 N–H and O–H groups in total. The lowest BCUT2D eigenvalue weighted by Crippen LogP contribution is -2.54. The Labute approximate surface area is 166 Å². The molecule has 1 atom stereocenters. The van der Waals surface area contributed by atoms with Gasteiger partial charge in [0.05, 0.1) is 12.0 Å². The molecule has 0 fully saturated rings. The first kappa shape index (κ1) is 19.4. The third-order valence-corrected chi connectivity index (χ3v) is 4.88. The van der Waals surface area contributed by atoms with Crippen molar-refractivity contribution in [3.05, 3.63) is 65.7 Å². The number of aliphatic imine (C=N–C) groups is 2. The number of anilines is 1. The summed E-state index contributed by atoms with van der Waals surface area (Å²) in [5.74, 6) is 0.293. The second kappa shape index (κ2) is 8.13. The van der Waals surface area contributed by atoms with Crippen LogP contribution in [0, 0.1) is 11.3 Å². The molecule has 3 rings (SSSR count). The molecule has 1 aliphatic rings. The highest BCUT2D eigenvalue weighted by molar-refractivity contribution is 6.05. The summed E-state index contributed by atoms with van der Waals surface area (Å²) in [6.07, 6.45) is 2.71. The molecule has 1 aliphatic heterocycles. The average Bonchev–Trinajstić information content (AvgIpc) is 2.65. The summed E-state index contributed by atoms with van der Waals surface area (Å²) >= 11 is 0. The molecule has 0 amide bonds. The van der Waals surface area contributed by atoms with E-state index in [0.29, 0.717) is 5.96 Å². The van der Waals surface area contributed by atoms with Gasteiger partial charge in [0, 0.05) is 5.69 Å². The second-order valence-electron chi connectivity index (χ2n) is 7.42. The Kier molecular flexibility index (Phi) is 5.65. The molecule has 28 heavy (non-hydrogen) atoms. The first-order valence-corrected chi connectivity index (χ1v) is 9.44. The predicted octanol–water partition coefficient (Wildman–Crippen LogP) is 3.50. The highest BCUT2D eigenvalue weighted by atomic mass is 15.4. The molecule has 2 aromatic rings. The van der Waals surface area contributed by atoms with Crippen molar-refractivity contribution in [3.8, 4) is 6.07 Å². The van der Waals surface area contributed by atoms with Crippen molar-refractivity contribution >= 4 is 17.6 Å². The van der Waals surface area contributed by atoms with E-state index in [1.165, 1.54) is 5.56 Å². The van der Waals surface area contributed by atoms with Crippen LogP contribution in [0.15, 0.2) is 64.6 Å². The Morgan fingerprint density at radius 2 is 1.86 bits per heavy atom. The van der Waals surface area contributed by atoms with Crippen LogP contribution in [0.5, 0.6) is 0 Å². The quantitative estimate of drug-likeness (QED) is 0.807. The number of benzene rings is 2. The second-order valence-corrected chi connectivity index (χ2v) is 7.42. The highest BCUT2D eigenvalue weighted by Crippen LogP contribution is 2.31. The molecule has 0 aromatic heterocycles. The number of hydrogen-bond donors (Lipinski definition) is 2. The Morgan fingerprint density at radius 1 is 1.11 bits per heavy atom. The molecule has 0 aliphatic carbocycles. The Balaban J connectivity index is 1.76. The van der Waals surface area contributed by atoms with Crippen LogP contribution in [0.1, 0.15) is 43.7 Å². The molecule has 1 heterocycles. The smallest absolute Gasteiger partial charge is 0.220 e. The third kappa shape index (κ3) is 4.32. The fourth-order valence-electron chi connectivity index (χ4n) is 3.59. The van der Waals surface area contributed by atoms with Crippen molar-refractivity contribution in [2.24, 2.45) is 21.5 Å². The number of rotatable bonds is 6. The van der Waals surface area contributed by atoms with Gasteiger partial charge in [0.25, 0.3) is 0 Å². The topological polar surface area (TPSA) is 104 Å². The summed E-state index contributed by atoms with van der Waals surface area (Å²) in [4.78, 5) is 10.3. The van der Waals surface area contributed by atoms with Gasteiger partial charge < -0.3 is 11.5 Å². The summed E-state index contributed by atoms with van der Waals surface area (Å²) in [6.45, 7) is 3.85. The van der Waals surface area contributed by atoms with E-state index in [0.717, 1.165) is 30.5 Å². The molecule has 2 aromatic carbocycles. The van der Waals surface area contributed by atoms with Crippen molar-refractivity contribution in [3.63, 3.8) is 0 Å². The standard InChI is InChI=1S/C22H26N6/c1-22(2)27-20(24)26-21(25)28(22)19-13-7-11-17(14-19)18(15-23)12-6-10-16-8-4-3-5-9-16/h3-5,7-9,11,13-14,18H,6,10,12H2,1-2H3,(H4,24,25,26,27). The Bertz CT molecular complexity index is 924. The summed E-state index contributed by atoms with van der Waals surface area (Å²) in [5, 5.41) is 9.72. The summed E-state index contributed by atoms with van der Waals surface area (Å²) < 4.78 is 0. The lowest BCUT2D eigenvalue weighted by Gasteiger charge is -2.38. The zero-order chi connectivity index (χ0) is 20.1. The molecular weight excluding hydrogens is 348 g/mol. The Hall–Kier alpha value is -3.33. The number of hydrogen-bond acceptors (Lipinski definition) is 6. The van der Waals surface area contributed by atoms with Gasteiger partial charge in [-0.25, -0.2) is 4.99 Å². The maximum atomic E-state index is 9.72. The number of guanidine groups is 2. The van der Waals surface area contributed by atoms with E-state index in [2.05, 4.69) is 28.2 Å². The van der Waals surface area contributed by atoms with E-state index >= 15 is 0 Å². The van der Waals surface area contributed by atoms with Gasteiger partial charge in [0.15, 0.2) is 0 Å². The Morgan fingerprint density at radius 3 is 2.54 bits per heavy atom. The van der Waals surface area contributed by atoms with Gasteiger partial charge >= 0.3 is 0 Å². The third-order valence-electron chi connectivity index (χ3n) is 4.88. The van der Waals surface area contributed by atoms with Crippen LogP contribution in [0.2, 0.25) is 0 Å². The minimum atomic E-state index is -0.649. The molecule has 1 unspecified atom stereocenters. The summed E-state index contributed by atoms with van der Waals surface area (Å²) in [6, 6.07) is 20.7. The summed E-state index contributed by atoms with van der Waals surface area (Å²) in [5.41, 5.74) is 14.4. The van der Waals surface area contributed by atoms with Crippen LogP contribution in [0.25, 0.3) is 0 Å². The van der Waals surface area contributed by atoms with Crippen molar-refractivity contribution in [2.45, 2.75) is 44.7 Å². The minimum Gasteiger partial charge on any atom is -0.369 e. The first-order valence-electron chi connectivity index (χ1n) is 9.44. The molecule has 144 valence electrons. The van der Waals surface area contributed by atoms with Gasteiger partial charge in [-0.05, 0) is 56.4 Å². The van der Waals surface area contributed by atoms with Gasteiger partial charge in [0.1, 0.15) is 5.66 Å². The average molecular weight is 374 g/mol. The monoisotopic (exact) mass is 374 g/mol. The summed E-state index contributed by atoms with van der Waals surface area (Å²) in [7, 11) is 0. The van der Waals surface area contributed by atoms with Crippen LogP contribution in [0.4, 0.5) is 5.69 Å². The maximum Gasteiger partial charge on any atom is 0.220 e. The van der Waals surface area contributed by atoms with Crippen molar-refractivity contribution in [1.29, 1.82) is 5.26 Å². The SMILES string of the molecule is CC1(C)N=C(N)N=C(N)N1c1cccc(C(C#N)CCCc2ccccc2)c1. The van der Waals surface area contributed by atoms with Gasteiger partial charge in [-0.3, -0.25) is 4.90 Å². The number of nitrogens with two attached hydrogens (primary N) is 2. The van der Waals surface area contributed by atoms with Crippen LogP contribution in [-0.2, 0) is 6.42 Å². The number of aryl methyl sites for hydroxylation is 1. The fraction of sp³-hybridized carbons (Fsp3) is 0.318. The zero-order valence-corrected chi connectivity index (χ0v) is 16.3. The highest BCUT2D eigenvalue weighted by Gasteiger charge is 2.33. The van der Waals surface area contributed by atoms with Gasteiger partial charge in [0.2, 0.25) is 11.9 Å². The molecule has 0 saturated heterocycles. The van der Waals surface area contributed by atoms with E-state index < -0.39 is 5.66 Å².